The molecule has 0 saturated heterocycles. The van der Waals surface area contributed by atoms with Gasteiger partial charge in [0.15, 0.2) is 0 Å². The Morgan fingerprint density at radius 3 is 0.833 bits per heavy atom. The van der Waals surface area contributed by atoms with Crippen LogP contribution in [0.15, 0.2) is 100 Å². The van der Waals surface area contributed by atoms with Crippen molar-refractivity contribution in [1.29, 1.82) is 0 Å². The van der Waals surface area contributed by atoms with Gasteiger partial charge in [0.2, 0.25) is 0 Å². The van der Waals surface area contributed by atoms with E-state index in [1.165, 1.54) is 11.1 Å². The highest BCUT2D eigenvalue weighted by Gasteiger charge is 1.91. The Balaban J connectivity index is 0. The Hall–Kier alpha value is -2.34. The maximum atomic E-state index is 3.00. The van der Waals surface area contributed by atoms with Crippen molar-refractivity contribution >= 4 is 0 Å². The molecule has 0 amide bonds. The van der Waals surface area contributed by atoms with Crippen LogP contribution in [-0.2, 0) is 0 Å². The maximum Gasteiger partial charge on any atom is -0.0184 e. The topological polar surface area (TPSA) is 0 Å². The molecule has 0 heteroatoms. The molecule has 0 unspecified atom stereocenters. The highest BCUT2D eigenvalue weighted by molar-refractivity contribution is 5.62. The molecular weight excluding hydrogens is 216 g/mol. The van der Waals surface area contributed by atoms with Crippen LogP contribution in [0.2, 0.25) is 0 Å². The van der Waals surface area contributed by atoms with Gasteiger partial charge in [-0.1, -0.05) is 60.7 Å². The smallest absolute Gasteiger partial charge is 0.0184 e. The van der Waals surface area contributed by atoms with Crippen LogP contribution in [0.1, 0.15) is 0 Å². The van der Waals surface area contributed by atoms with Crippen molar-refractivity contribution in [2.45, 2.75) is 0 Å². The molecule has 0 atom stereocenters. The lowest BCUT2D eigenvalue weighted by Crippen LogP contribution is -1.73. The van der Waals surface area contributed by atoms with E-state index in [1.54, 1.807) is 0 Å². The van der Waals surface area contributed by atoms with Crippen LogP contribution in [-0.4, -0.2) is 0 Å². The van der Waals surface area contributed by atoms with Gasteiger partial charge >= 0.3 is 0 Å². The highest BCUT2D eigenvalue weighted by atomic mass is 14.0. The fourth-order valence-electron chi connectivity index (χ4n) is 1.26. The molecule has 18 heavy (non-hydrogen) atoms. The molecule has 0 fully saturated rings. The molecule has 0 aromatic heterocycles. The van der Waals surface area contributed by atoms with E-state index in [2.05, 4.69) is 88.0 Å². The summed E-state index contributed by atoms with van der Waals surface area (Å²) in [5.41, 5.74) is 2.55. The van der Waals surface area contributed by atoms with Gasteiger partial charge in [0.1, 0.15) is 0 Å². The molecule has 0 bridgehead atoms. The summed E-state index contributed by atoms with van der Waals surface area (Å²) in [5.74, 6) is 0. The average Bonchev–Trinajstić information content (AvgIpc) is 2.55. The third-order valence-corrected chi connectivity index (χ3v) is 1.88. The minimum atomic E-state index is 1.28. The van der Waals surface area contributed by atoms with E-state index >= 15 is 0 Å². The van der Waals surface area contributed by atoms with E-state index in [1.807, 2.05) is 12.1 Å². The van der Waals surface area contributed by atoms with Crippen LogP contribution in [0.25, 0.3) is 11.1 Å². The van der Waals surface area contributed by atoms with Crippen LogP contribution in [0, 0.1) is 0 Å². The lowest BCUT2D eigenvalue weighted by molar-refractivity contribution is 1.62. The van der Waals surface area contributed by atoms with Gasteiger partial charge < -0.3 is 0 Å². The van der Waals surface area contributed by atoms with E-state index in [0.717, 1.165) is 0 Å². The van der Waals surface area contributed by atoms with E-state index in [4.69, 9.17) is 0 Å². The Morgan fingerprint density at radius 2 is 0.611 bits per heavy atom. The third-order valence-electron chi connectivity index (χ3n) is 1.88. The molecule has 0 aliphatic carbocycles. The first-order valence-corrected chi connectivity index (χ1v) is 5.57. The van der Waals surface area contributed by atoms with Crippen LogP contribution in [0.5, 0.6) is 0 Å². The summed E-state index contributed by atoms with van der Waals surface area (Å²) in [6.07, 6.45) is 0. The molecule has 0 saturated carbocycles. The van der Waals surface area contributed by atoms with E-state index in [9.17, 15) is 0 Å². The maximum absolute atomic E-state index is 3.00. The van der Waals surface area contributed by atoms with Gasteiger partial charge in [-0.15, -0.1) is 39.5 Å². The van der Waals surface area contributed by atoms with Crippen LogP contribution < -0.4 is 0 Å². The fourth-order valence-corrected chi connectivity index (χ4v) is 1.26. The van der Waals surface area contributed by atoms with Crippen molar-refractivity contribution in [3.8, 4) is 11.1 Å². The monoisotopic (exact) mass is 238 g/mol. The molecule has 0 nitrogen and oxygen atoms in total. The minimum absolute atomic E-state index is 1.28. The van der Waals surface area contributed by atoms with Gasteiger partial charge in [-0.05, 0) is 11.1 Å². The largest absolute Gasteiger partial charge is 0.106 e. The zero-order valence-corrected chi connectivity index (χ0v) is 11.0. The van der Waals surface area contributed by atoms with Crippen molar-refractivity contribution < 1.29 is 0 Å². The fraction of sp³-hybridized carbons (Fsp3) is 0. The SMILES string of the molecule is C=C.C=C.C=C.c1ccc(-c2ccccc2)cc1. The molecule has 0 aliphatic heterocycles. The minimum Gasteiger partial charge on any atom is -0.106 e. The second-order valence-corrected chi connectivity index (χ2v) is 2.73. The first-order valence-electron chi connectivity index (χ1n) is 5.57. The molecule has 0 N–H and O–H groups in total. The Morgan fingerprint density at radius 1 is 0.389 bits per heavy atom. The first kappa shape index (κ1) is 18.0. The van der Waals surface area contributed by atoms with Crippen molar-refractivity contribution in [3.05, 3.63) is 100 Å². The van der Waals surface area contributed by atoms with Crippen molar-refractivity contribution in [1.82, 2.24) is 0 Å². The predicted octanol–water partition coefficient (Wildman–Crippen LogP) is 5.76. The predicted molar refractivity (Wildman–Crippen MR) is 85.6 cm³/mol. The summed E-state index contributed by atoms with van der Waals surface area (Å²) in [6.45, 7) is 18.0. The summed E-state index contributed by atoms with van der Waals surface area (Å²) in [5, 5.41) is 0. The number of hydrogen-bond acceptors (Lipinski definition) is 0. The summed E-state index contributed by atoms with van der Waals surface area (Å²) in [4.78, 5) is 0. The molecule has 0 spiro atoms. The molecule has 94 valence electrons. The molecule has 0 aliphatic rings. The van der Waals surface area contributed by atoms with Crippen molar-refractivity contribution in [3.63, 3.8) is 0 Å². The molecule has 0 heterocycles. The van der Waals surface area contributed by atoms with Crippen molar-refractivity contribution in [2.24, 2.45) is 0 Å². The molecule has 2 rings (SSSR count). The number of hydrogen-bond donors (Lipinski definition) is 0. The Bertz CT molecular complexity index is 333. The Labute approximate surface area is 112 Å². The van der Waals surface area contributed by atoms with Crippen molar-refractivity contribution in [2.75, 3.05) is 0 Å². The van der Waals surface area contributed by atoms with Gasteiger partial charge in [-0.3, -0.25) is 0 Å². The summed E-state index contributed by atoms with van der Waals surface area (Å²) < 4.78 is 0. The number of rotatable bonds is 1. The van der Waals surface area contributed by atoms with E-state index < -0.39 is 0 Å². The molecular formula is C18H22. The Kier molecular flexibility index (Phi) is 14.7. The average molecular weight is 238 g/mol. The first-order chi connectivity index (χ1) is 8.97. The van der Waals surface area contributed by atoms with Gasteiger partial charge in [0.25, 0.3) is 0 Å². The lowest BCUT2D eigenvalue weighted by atomic mass is 10.1. The summed E-state index contributed by atoms with van der Waals surface area (Å²) >= 11 is 0. The number of benzene rings is 2. The van der Waals surface area contributed by atoms with Gasteiger partial charge in [-0.25, -0.2) is 0 Å². The zero-order chi connectivity index (χ0) is 14.2. The zero-order valence-electron chi connectivity index (χ0n) is 11.0. The molecule has 2 aromatic rings. The highest BCUT2D eigenvalue weighted by Crippen LogP contribution is 2.17. The van der Waals surface area contributed by atoms with Crippen LogP contribution >= 0.6 is 0 Å². The third kappa shape index (κ3) is 7.02. The standard InChI is InChI=1S/C12H10.3C2H4/c1-3-7-11(8-4-1)12-9-5-2-6-10-12;3*1-2/h1-10H;3*1-2H2. The van der Waals surface area contributed by atoms with Crippen LogP contribution in [0.3, 0.4) is 0 Å². The molecule has 2 aromatic carbocycles. The second-order valence-electron chi connectivity index (χ2n) is 2.73. The van der Waals surface area contributed by atoms with Gasteiger partial charge in [-0.2, -0.15) is 0 Å². The normalized spacial score (nSPS) is 7.11. The molecule has 0 radical (unpaired) electrons. The van der Waals surface area contributed by atoms with Gasteiger partial charge in [0.05, 0.1) is 0 Å². The lowest BCUT2D eigenvalue weighted by Gasteiger charge is -1.98. The summed E-state index contributed by atoms with van der Waals surface area (Å²) in [6, 6.07) is 20.8. The van der Waals surface area contributed by atoms with Crippen LogP contribution in [0.4, 0.5) is 0 Å². The van der Waals surface area contributed by atoms with E-state index in [-0.39, 0.29) is 0 Å². The quantitative estimate of drug-likeness (QED) is 0.554. The van der Waals surface area contributed by atoms with E-state index in [0.29, 0.717) is 0 Å². The summed E-state index contributed by atoms with van der Waals surface area (Å²) in [7, 11) is 0. The second kappa shape index (κ2) is 14.7. The van der Waals surface area contributed by atoms with Gasteiger partial charge in [0, 0.05) is 0 Å².